The van der Waals surface area contributed by atoms with Crippen LogP contribution in [-0.4, -0.2) is 23.7 Å². The van der Waals surface area contributed by atoms with E-state index in [1.807, 2.05) is 23.9 Å². The van der Waals surface area contributed by atoms with E-state index >= 15 is 0 Å². The number of benzene rings is 1. The average molecular weight is 239 g/mol. The van der Waals surface area contributed by atoms with Crippen molar-refractivity contribution in [3.8, 4) is 5.75 Å². The molecule has 0 amide bonds. The van der Waals surface area contributed by atoms with Crippen LogP contribution < -0.4 is 5.32 Å². The minimum absolute atomic E-state index is 0.334. The Morgan fingerprint density at radius 1 is 1.12 bits per heavy atom. The van der Waals surface area contributed by atoms with Gasteiger partial charge in [0, 0.05) is 6.54 Å². The minimum atomic E-state index is 0.334. The molecule has 1 rings (SSSR count). The third-order valence-corrected chi connectivity index (χ3v) is 3.16. The number of nitrogens with one attached hydrogen (secondary N) is 1. The van der Waals surface area contributed by atoms with E-state index < -0.39 is 0 Å². The fourth-order valence-electron chi connectivity index (χ4n) is 1.52. The van der Waals surface area contributed by atoms with E-state index in [2.05, 4.69) is 11.6 Å². The van der Waals surface area contributed by atoms with Gasteiger partial charge in [0.1, 0.15) is 5.75 Å². The number of phenols is 1. The Balaban J connectivity index is 2.01. The Morgan fingerprint density at radius 2 is 1.88 bits per heavy atom. The fraction of sp³-hybridized carbons (Fsp3) is 0.538. The molecule has 0 aliphatic heterocycles. The maximum absolute atomic E-state index is 9.13. The van der Waals surface area contributed by atoms with Crippen LogP contribution in [0.1, 0.15) is 24.8 Å². The van der Waals surface area contributed by atoms with Crippen molar-refractivity contribution < 1.29 is 5.11 Å². The molecule has 0 radical (unpaired) electrons. The van der Waals surface area contributed by atoms with Gasteiger partial charge in [0.15, 0.2) is 0 Å². The minimum Gasteiger partial charge on any atom is -0.508 e. The van der Waals surface area contributed by atoms with E-state index in [4.69, 9.17) is 5.11 Å². The molecular weight excluding hydrogens is 218 g/mol. The number of aromatic hydroxyl groups is 1. The molecule has 1 aromatic carbocycles. The average Bonchev–Trinajstić information content (AvgIpc) is 2.30. The third kappa shape index (κ3) is 6.03. The standard InChI is InChI=1S/C13H21NOS/c1-16-10-4-2-3-9-14-11-12-5-7-13(15)8-6-12/h5-8,14-15H,2-4,9-11H2,1H3. The van der Waals surface area contributed by atoms with Gasteiger partial charge in [-0.05, 0) is 49.1 Å². The Kier molecular flexibility index (Phi) is 7.10. The number of hydrogen-bond acceptors (Lipinski definition) is 3. The van der Waals surface area contributed by atoms with Crippen LogP contribution in [0.4, 0.5) is 0 Å². The van der Waals surface area contributed by atoms with E-state index in [1.54, 1.807) is 12.1 Å². The molecule has 0 heterocycles. The molecule has 0 atom stereocenters. The van der Waals surface area contributed by atoms with Gasteiger partial charge in [0.25, 0.3) is 0 Å². The van der Waals surface area contributed by atoms with Gasteiger partial charge in [-0.25, -0.2) is 0 Å². The summed E-state index contributed by atoms with van der Waals surface area (Å²) in [6.07, 6.45) is 6.03. The summed E-state index contributed by atoms with van der Waals surface area (Å²) in [7, 11) is 0. The van der Waals surface area contributed by atoms with E-state index in [0.717, 1.165) is 13.1 Å². The summed E-state index contributed by atoms with van der Waals surface area (Å²) in [6, 6.07) is 7.37. The third-order valence-electron chi connectivity index (χ3n) is 2.47. The van der Waals surface area contributed by atoms with Gasteiger partial charge in [-0.1, -0.05) is 18.6 Å². The first-order chi connectivity index (χ1) is 7.83. The van der Waals surface area contributed by atoms with Crippen LogP contribution in [0.25, 0.3) is 0 Å². The quantitative estimate of drug-likeness (QED) is 0.684. The second kappa shape index (κ2) is 8.48. The summed E-state index contributed by atoms with van der Waals surface area (Å²) >= 11 is 1.92. The van der Waals surface area contributed by atoms with Crippen LogP contribution in [0.5, 0.6) is 5.75 Å². The van der Waals surface area contributed by atoms with Gasteiger partial charge >= 0.3 is 0 Å². The van der Waals surface area contributed by atoms with E-state index in [0.29, 0.717) is 5.75 Å². The highest BCUT2D eigenvalue weighted by Gasteiger charge is 1.93. The highest BCUT2D eigenvalue weighted by molar-refractivity contribution is 7.98. The van der Waals surface area contributed by atoms with Crippen molar-refractivity contribution in [3.63, 3.8) is 0 Å². The molecule has 90 valence electrons. The summed E-state index contributed by atoms with van der Waals surface area (Å²) in [6.45, 7) is 1.97. The zero-order valence-corrected chi connectivity index (χ0v) is 10.7. The van der Waals surface area contributed by atoms with Gasteiger partial charge in [0.2, 0.25) is 0 Å². The molecule has 16 heavy (non-hydrogen) atoms. The number of phenolic OH excluding ortho intramolecular Hbond substituents is 1. The summed E-state index contributed by atoms with van der Waals surface area (Å²) in [5.74, 6) is 1.61. The summed E-state index contributed by atoms with van der Waals surface area (Å²) in [5.41, 5.74) is 1.22. The van der Waals surface area contributed by atoms with Crippen molar-refractivity contribution in [1.29, 1.82) is 0 Å². The topological polar surface area (TPSA) is 32.3 Å². The first-order valence-corrected chi connectivity index (χ1v) is 7.20. The Bertz CT molecular complexity index is 274. The number of rotatable bonds is 8. The highest BCUT2D eigenvalue weighted by atomic mass is 32.2. The molecule has 2 nitrogen and oxygen atoms in total. The second-order valence-electron chi connectivity index (χ2n) is 3.90. The van der Waals surface area contributed by atoms with Gasteiger partial charge in [0.05, 0.1) is 0 Å². The van der Waals surface area contributed by atoms with Crippen molar-refractivity contribution in [1.82, 2.24) is 5.32 Å². The van der Waals surface area contributed by atoms with Crippen LogP contribution >= 0.6 is 11.8 Å². The first kappa shape index (κ1) is 13.4. The van der Waals surface area contributed by atoms with Gasteiger partial charge in [-0.3, -0.25) is 0 Å². The number of unbranched alkanes of at least 4 members (excludes halogenated alkanes) is 2. The SMILES string of the molecule is CSCCCCCNCc1ccc(O)cc1. The molecule has 0 bridgehead atoms. The molecule has 0 aliphatic rings. The van der Waals surface area contributed by atoms with Crippen LogP contribution in [0, 0.1) is 0 Å². The number of thioether (sulfide) groups is 1. The zero-order chi connectivity index (χ0) is 11.6. The molecule has 1 aromatic rings. The monoisotopic (exact) mass is 239 g/mol. The maximum Gasteiger partial charge on any atom is 0.115 e. The maximum atomic E-state index is 9.13. The van der Waals surface area contributed by atoms with Crippen LogP contribution in [-0.2, 0) is 6.54 Å². The largest absolute Gasteiger partial charge is 0.508 e. The molecular formula is C13H21NOS. The van der Waals surface area contributed by atoms with E-state index in [-0.39, 0.29) is 0 Å². The lowest BCUT2D eigenvalue weighted by atomic mass is 10.2. The van der Waals surface area contributed by atoms with Crippen molar-refractivity contribution in [2.75, 3.05) is 18.6 Å². The molecule has 0 saturated carbocycles. The van der Waals surface area contributed by atoms with Crippen LogP contribution in [0.2, 0.25) is 0 Å². The van der Waals surface area contributed by atoms with Crippen molar-refractivity contribution in [2.45, 2.75) is 25.8 Å². The lowest BCUT2D eigenvalue weighted by molar-refractivity contribution is 0.475. The molecule has 0 spiro atoms. The lowest BCUT2D eigenvalue weighted by Crippen LogP contribution is -2.14. The van der Waals surface area contributed by atoms with Crippen LogP contribution in [0.3, 0.4) is 0 Å². The van der Waals surface area contributed by atoms with E-state index in [9.17, 15) is 0 Å². The smallest absolute Gasteiger partial charge is 0.115 e. The lowest BCUT2D eigenvalue weighted by Gasteiger charge is -2.04. The summed E-state index contributed by atoms with van der Waals surface area (Å²) < 4.78 is 0. The molecule has 0 saturated heterocycles. The molecule has 0 aliphatic carbocycles. The Hall–Kier alpha value is -0.670. The normalized spacial score (nSPS) is 10.6. The fourth-order valence-corrected chi connectivity index (χ4v) is 2.01. The molecule has 0 aromatic heterocycles. The highest BCUT2D eigenvalue weighted by Crippen LogP contribution is 2.09. The molecule has 0 unspecified atom stereocenters. The van der Waals surface area contributed by atoms with E-state index in [1.165, 1.54) is 30.6 Å². The zero-order valence-electron chi connectivity index (χ0n) is 9.91. The van der Waals surface area contributed by atoms with Crippen molar-refractivity contribution >= 4 is 11.8 Å². The molecule has 0 fully saturated rings. The first-order valence-electron chi connectivity index (χ1n) is 5.80. The van der Waals surface area contributed by atoms with Crippen LogP contribution in [0.15, 0.2) is 24.3 Å². The summed E-state index contributed by atoms with van der Waals surface area (Å²) in [5, 5.41) is 12.5. The molecule has 2 N–H and O–H groups in total. The summed E-state index contributed by atoms with van der Waals surface area (Å²) in [4.78, 5) is 0. The second-order valence-corrected chi connectivity index (χ2v) is 4.88. The predicted molar refractivity (Wildman–Crippen MR) is 72.0 cm³/mol. The van der Waals surface area contributed by atoms with Crippen molar-refractivity contribution in [3.05, 3.63) is 29.8 Å². The van der Waals surface area contributed by atoms with Gasteiger partial charge in [-0.2, -0.15) is 11.8 Å². The Morgan fingerprint density at radius 3 is 2.56 bits per heavy atom. The Labute approximate surface area is 102 Å². The predicted octanol–water partition coefficient (Wildman–Crippen LogP) is 3.02. The van der Waals surface area contributed by atoms with Gasteiger partial charge < -0.3 is 10.4 Å². The van der Waals surface area contributed by atoms with Crippen molar-refractivity contribution in [2.24, 2.45) is 0 Å². The molecule has 3 heteroatoms. The number of hydrogen-bond donors (Lipinski definition) is 2. The van der Waals surface area contributed by atoms with Gasteiger partial charge in [-0.15, -0.1) is 0 Å².